The molecule has 1 fully saturated rings. The number of hydrogen-bond donors (Lipinski definition) is 1. The quantitative estimate of drug-likeness (QED) is 0.691. The van der Waals surface area contributed by atoms with Gasteiger partial charge in [0.2, 0.25) is 0 Å². The van der Waals surface area contributed by atoms with Gasteiger partial charge in [-0.15, -0.1) is 0 Å². The predicted molar refractivity (Wildman–Crippen MR) is 77.2 cm³/mol. The Bertz CT molecular complexity index is 180. The van der Waals surface area contributed by atoms with Crippen molar-refractivity contribution in [3.05, 3.63) is 0 Å². The van der Waals surface area contributed by atoms with Gasteiger partial charge in [-0.3, -0.25) is 0 Å². The SMILES string of the molecule is CCCCC(CC)CC1(N)CCCCCCC1. The lowest BCUT2D eigenvalue weighted by Gasteiger charge is -2.35. The zero-order valence-corrected chi connectivity index (χ0v) is 12.1. The van der Waals surface area contributed by atoms with Gasteiger partial charge in [0.25, 0.3) is 0 Å². The van der Waals surface area contributed by atoms with E-state index in [2.05, 4.69) is 13.8 Å². The van der Waals surface area contributed by atoms with Gasteiger partial charge in [-0.05, 0) is 25.2 Å². The summed E-state index contributed by atoms with van der Waals surface area (Å²) in [5.41, 5.74) is 6.85. The van der Waals surface area contributed by atoms with Crippen LogP contribution in [0.15, 0.2) is 0 Å². The highest BCUT2D eigenvalue weighted by molar-refractivity contribution is 4.87. The molecule has 102 valence electrons. The molecule has 0 spiro atoms. The predicted octanol–water partition coefficient (Wildman–Crippen LogP) is 5.03. The molecular formula is C16H33N. The Balaban J connectivity index is 2.42. The van der Waals surface area contributed by atoms with Gasteiger partial charge in [0.1, 0.15) is 0 Å². The van der Waals surface area contributed by atoms with Crippen molar-refractivity contribution in [3.8, 4) is 0 Å². The molecule has 0 radical (unpaired) electrons. The molecule has 0 aromatic heterocycles. The van der Waals surface area contributed by atoms with Crippen LogP contribution in [0.3, 0.4) is 0 Å². The molecule has 1 nitrogen and oxygen atoms in total. The van der Waals surface area contributed by atoms with Crippen LogP contribution in [-0.4, -0.2) is 5.54 Å². The summed E-state index contributed by atoms with van der Waals surface area (Å²) in [5, 5.41) is 0. The topological polar surface area (TPSA) is 26.0 Å². The highest BCUT2D eigenvalue weighted by Crippen LogP contribution is 2.32. The van der Waals surface area contributed by atoms with E-state index in [0.717, 1.165) is 5.92 Å². The Morgan fingerprint density at radius 2 is 1.59 bits per heavy atom. The maximum atomic E-state index is 6.68. The Labute approximate surface area is 109 Å². The normalized spacial score (nSPS) is 22.8. The Hall–Kier alpha value is -0.0400. The van der Waals surface area contributed by atoms with Gasteiger partial charge in [-0.25, -0.2) is 0 Å². The highest BCUT2D eigenvalue weighted by atomic mass is 14.7. The van der Waals surface area contributed by atoms with Crippen molar-refractivity contribution in [3.63, 3.8) is 0 Å². The van der Waals surface area contributed by atoms with Gasteiger partial charge in [-0.1, -0.05) is 71.6 Å². The van der Waals surface area contributed by atoms with Crippen molar-refractivity contribution >= 4 is 0 Å². The van der Waals surface area contributed by atoms with E-state index in [4.69, 9.17) is 5.73 Å². The monoisotopic (exact) mass is 239 g/mol. The molecule has 17 heavy (non-hydrogen) atoms. The molecule has 0 saturated heterocycles. The fraction of sp³-hybridized carbons (Fsp3) is 1.00. The molecule has 0 bridgehead atoms. The average molecular weight is 239 g/mol. The van der Waals surface area contributed by atoms with Crippen molar-refractivity contribution in [1.82, 2.24) is 0 Å². The molecule has 1 aliphatic carbocycles. The first-order valence-corrected chi connectivity index (χ1v) is 7.99. The fourth-order valence-electron chi connectivity index (χ4n) is 3.33. The third-order valence-electron chi connectivity index (χ3n) is 4.59. The zero-order valence-electron chi connectivity index (χ0n) is 12.1. The molecule has 1 rings (SSSR count). The average Bonchev–Trinajstić information content (AvgIpc) is 2.30. The van der Waals surface area contributed by atoms with E-state index in [1.807, 2.05) is 0 Å². The molecule has 1 atom stereocenters. The van der Waals surface area contributed by atoms with Crippen molar-refractivity contribution in [2.75, 3.05) is 0 Å². The first-order chi connectivity index (χ1) is 8.20. The van der Waals surface area contributed by atoms with E-state index in [0.29, 0.717) is 0 Å². The Kier molecular flexibility index (Phi) is 7.18. The van der Waals surface area contributed by atoms with Gasteiger partial charge < -0.3 is 5.73 Å². The van der Waals surface area contributed by atoms with Crippen LogP contribution in [0.5, 0.6) is 0 Å². The van der Waals surface area contributed by atoms with Gasteiger partial charge in [0.05, 0.1) is 0 Å². The minimum Gasteiger partial charge on any atom is -0.325 e. The molecule has 0 aromatic carbocycles. The summed E-state index contributed by atoms with van der Waals surface area (Å²) < 4.78 is 0. The highest BCUT2D eigenvalue weighted by Gasteiger charge is 2.27. The molecule has 2 N–H and O–H groups in total. The van der Waals surface area contributed by atoms with Crippen molar-refractivity contribution in [1.29, 1.82) is 0 Å². The van der Waals surface area contributed by atoms with Gasteiger partial charge in [0, 0.05) is 5.54 Å². The van der Waals surface area contributed by atoms with Gasteiger partial charge in [0.15, 0.2) is 0 Å². The summed E-state index contributed by atoms with van der Waals surface area (Å²) in [6.45, 7) is 4.63. The van der Waals surface area contributed by atoms with Crippen LogP contribution >= 0.6 is 0 Å². The van der Waals surface area contributed by atoms with Crippen molar-refractivity contribution in [2.45, 2.75) is 96.4 Å². The lowest BCUT2D eigenvalue weighted by atomic mass is 9.76. The lowest BCUT2D eigenvalue weighted by Crippen LogP contribution is -2.42. The van der Waals surface area contributed by atoms with Gasteiger partial charge in [-0.2, -0.15) is 0 Å². The van der Waals surface area contributed by atoms with Gasteiger partial charge >= 0.3 is 0 Å². The maximum Gasteiger partial charge on any atom is 0.0157 e. The molecule has 0 aromatic rings. The largest absolute Gasteiger partial charge is 0.325 e. The minimum absolute atomic E-state index is 0.175. The summed E-state index contributed by atoms with van der Waals surface area (Å²) in [7, 11) is 0. The second-order valence-electron chi connectivity index (χ2n) is 6.25. The Morgan fingerprint density at radius 1 is 1.00 bits per heavy atom. The summed E-state index contributed by atoms with van der Waals surface area (Å²) in [6.07, 6.45) is 16.2. The molecule has 1 aliphatic rings. The summed E-state index contributed by atoms with van der Waals surface area (Å²) >= 11 is 0. The van der Waals surface area contributed by atoms with Crippen LogP contribution in [0.2, 0.25) is 0 Å². The third kappa shape index (κ3) is 5.90. The standard InChI is InChI=1S/C16H33N/c1-3-5-11-15(4-2)14-16(17)12-9-7-6-8-10-13-16/h15H,3-14,17H2,1-2H3. The molecule has 0 aliphatic heterocycles. The number of hydrogen-bond acceptors (Lipinski definition) is 1. The molecule has 0 heterocycles. The van der Waals surface area contributed by atoms with E-state index >= 15 is 0 Å². The van der Waals surface area contributed by atoms with Crippen LogP contribution in [0.25, 0.3) is 0 Å². The fourth-order valence-corrected chi connectivity index (χ4v) is 3.33. The third-order valence-corrected chi connectivity index (χ3v) is 4.59. The van der Waals surface area contributed by atoms with Crippen LogP contribution in [0, 0.1) is 5.92 Å². The molecule has 1 heteroatoms. The summed E-state index contributed by atoms with van der Waals surface area (Å²) in [4.78, 5) is 0. The summed E-state index contributed by atoms with van der Waals surface area (Å²) in [5.74, 6) is 0.874. The van der Waals surface area contributed by atoms with E-state index < -0.39 is 0 Å². The Morgan fingerprint density at radius 3 is 2.12 bits per heavy atom. The van der Waals surface area contributed by atoms with Crippen LogP contribution < -0.4 is 5.73 Å². The van der Waals surface area contributed by atoms with Crippen LogP contribution in [0.1, 0.15) is 90.9 Å². The van der Waals surface area contributed by atoms with E-state index in [1.165, 1.54) is 77.0 Å². The van der Waals surface area contributed by atoms with Crippen LogP contribution in [0.4, 0.5) is 0 Å². The number of nitrogens with two attached hydrogens (primary N) is 1. The zero-order chi connectivity index (χ0) is 12.6. The minimum atomic E-state index is 0.175. The summed E-state index contributed by atoms with van der Waals surface area (Å²) in [6, 6.07) is 0. The number of rotatable bonds is 6. The molecular weight excluding hydrogens is 206 g/mol. The first kappa shape index (κ1) is 15.0. The molecule has 0 amide bonds. The lowest BCUT2D eigenvalue weighted by molar-refractivity contribution is 0.240. The smallest absolute Gasteiger partial charge is 0.0157 e. The van der Waals surface area contributed by atoms with Crippen LogP contribution in [-0.2, 0) is 0 Å². The molecule has 1 saturated carbocycles. The second kappa shape index (κ2) is 8.13. The first-order valence-electron chi connectivity index (χ1n) is 7.99. The van der Waals surface area contributed by atoms with E-state index in [1.54, 1.807) is 0 Å². The van der Waals surface area contributed by atoms with Crippen molar-refractivity contribution in [2.24, 2.45) is 11.7 Å². The van der Waals surface area contributed by atoms with Crippen molar-refractivity contribution < 1.29 is 0 Å². The maximum absolute atomic E-state index is 6.68. The number of unbranched alkanes of at least 4 members (excludes halogenated alkanes) is 1. The van der Waals surface area contributed by atoms with E-state index in [-0.39, 0.29) is 5.54 Å². The molecule has 1 unspecified atom stereocenters. The second-order valence-corrected chi connectivity index (χ2v) is 6.25. The van der Waals surface area contributed by atoms with E-state index in [9.17, 15) is 0 Å².